The van der Waals surface area contributed by atoms with E-state index in [0.29, 0.717) is 37.8 Å². The van der Waals surface area contributed by atoms with Crippen LogP contribution in [-0.2, 0) is 26.1 Å². The van der Waals surface area contributed by atoms with Crippen LogP contribution in [-0.4, -0.2) is 58.7 Å². The Hall–Kier alpha value is -2.62. The van der Waals surface area contributed by atoms with Crippen LogP contribution < -0.4 is 14.2 Å². The quantitative estimate of drug-likeness (QED) is 0.681. The molecule has 8 nitrogen and oxygen atoms in total. The van der Waals surface area contributed by atoms with Crippen molar-refractivity contribution in [2.45, 2.75) is 24.5 Å². The zero-order valence-electron chi connectivity index (χ0n) is 17.0. The second kappa shape index (κ2) is 9.92. The summed E-state index contributed by atoms with van der Waals surface area (Å²) < 4.78 is 43.7. The van der Waals surface area contributed by atoms with Gasteiger partial charge in [0.1, 0.15) is 11.5 Å². The predicted molar refractivity (Wildman–Crippen MR) is 111 cm³/mol. The fourth-order valence-electron chi connectivity index (χ4n) is 3.00. The molecule has 0 spiro atoms. The molecular formula is C21H26N2O6S. The fraction of sp³-hybridized carbons (Fsp3) is 0.381. The molecule has 1 N–H and O–H groups in total. The number of nitrogens with one attached hydrogen (secondary N) is 1. The number of methoxy groups -OCH3 is 1. The molecule has 30 heavy (non-hydrogen) atoms. The van der Waals surface area contributed by atoms with Gasteiger partial charge >= 0.3 is 0 Å². The summed E-state index contributed by atoms with van der Waals surface area (Å²) in [5.74, 6) is 1.02. The summed E-state index contributed by atoms with van der Waals surface area (Å²) in [7, 11) is -2.10. The van der Waals surface area contributed by atoms with Gasteiger partial charge in [-0.25, -0.2) is 13.1 Å². The van der Waals surface area contributed by atoms with E-state index in [2.05, 4.69) is 4.72 Å². The van der Waals surface area contributed by atoms with Crippen molar-refractivity contribution in [3.05, 3.63) is 54.1 Å². The van der Waals surface area contributed by atoms with Crippen molar-refractivity contribution < 1.29 is 27.4 Å². The smallest absolute Gasteiger partial charge is 0.263 e. The number of hydrogen-bond donors (Lipinski definition) is 1. The normalized spacial score (nSPS) is 15.5. The number of sulfonamides is 1. The Morgan fingerprint density at radius 2 is 1.67 bits per heavy atom. The van der Waals surface area contributed by atoms with Crippen LogP contribution in [0.1, 0.15) is 12.5 Å². The van der Waals surface area contributed by atoms with Crippen LogP contribution in [0.4, 0.5) is 0 Å². The number of carbonyl (C=O) groups is 1. The van der Waals surface area contributed by atoms with E-state index in [1.807, 2.05) is 0 Å². The lowest BCUT2D eigenvalue weighted by atomic mass is 10.2. The third kappa shape index (κ3) is 5.71. The van der Waals surface area contributed by atoms with Crippen molar-refractivity contribution in [1.29, 1.82) is 0 Å². The van der Waals surface area contributed by atoms with E-state index >= 15 is 0 Å². The zero-order chi connectivity index (χ0) is 21.6. The molecule has 0 bridgehead atoms. The molecule has 1 amide bonds. The maximum Gasteiger partial charge on any atom is 0.263 e. The van der Waals surface area contributed by atoms with Gasteiger partial charge in [-0.3, -0.25) is 4.79 Å². The molecule has 1 heterocycles. The molecular weight excluding hydrogens is 408 g/mol. The van der Waals surface area contributed by atoms with E-state index in [-0.39, 0.29) is 17.3 Å². The highest BCUT2D eigenvalue weighted by molar-refractivity contribution is 7.89. The molecule has 3 rings (SSSR count). The third-order valence-corrected chi connectivity index (χ3v) is 6.16. The third-order valence-electron chi connectivity index (χ3n) is 4.74. The van der Waals surface area contributed by atoms with Gasteiger partial charge in [0.15, 0.2) is 6.10 Å². The van der Waals surface area contributed by atoms with Gasteiger partial charge in [0.25, 0.3) is 5.91 Å². The maximum atomic E-state index is 12.5. The van der Waals surface area contributed by atoms with Gasteiger partial charge in [0.2, 0.25) is 10.0 Å². The van der Waals surface area contributed by atoms with Crippen molar-refractivity contribution in [2.75, 3.05) is 33.4 Å². The van der Waals surface area contributed by atoms with E-state index in [1.54, 1.807) is 55.3 Å². The number of rotatable bonds is 8. The number of benzene rings is 2. The Kier molecular flexibility index (Phi) is 7.30. The molecule has 1 atom stereocenters. The van der Waals surface area contributed by atoms with Crippen LogP contribution in [0.25, 0.3) is 0 Å². The molecule has 1 aliphatic heterocycles. The molecule has 0 saturated carbocycles. The second-order valence-electron chi connectivity index (χ2n) is 6.84. The first-order valence-corrected chi connectivity index (χ1v) is 11.1. The molecule has 9 heteroatoms. The van der Waals surface area contributed by atoms with Gasteiger partial charge < -0.3 is 19.1 Å². The topological polar surface area (TPSA) is 94.2 Å². The Morgan fingerprint density at radius 1 is 1.07 bits per heavy atom. The SMILES string of the molecule is COc1ccc(CNS(=O)(=O)c2ccc(O[C@@H](C)C(=O)N3CCOCC3)cc2)cc1. The number of ether oxygens (including phenoxy) is 3. The number of morpholine rings is 1. The van der Waals surface area contributed by atoms with E-state index in [0.717, 1.165) is 5.56 Å². The van der Waals surface area contributed by atoms with Gasteiger partial charge in [0, 0.05) is 19.6 Å². The van der Waals surface area contributed by atoms with Crippen molar-refractivity contribution >= 4 is 15.9 Å². The molecule has 0 aliphatic carbocycles. The molecule has 0 aromatic heterocycles. The van der Waals surface area contributed by atoms with Crippen LogP contribution in [0, 0.1) is 0 Å². The van der Waals surface area contributed by atoms with Crippen LogP contribution in [0.15, 0.2) is 53.4 Å². The Bertz CT molecular complexity index is 938. The largest absolute Gasteiger partial charge is 0.497 e. The summed E-state index contributed by atoms with van der Waals surface area (Å²) in [6, 6.07) is 13.1. The highest BCUT2D eigenvalue weighted by Gasteiger charge is 2.24. The molecule has 1 fully saturated rings. The fourth-order valence-corrected chi connectivity index (χ4v) is 4.02. The summed E-state index contributed by atoms with van der Waals surface area (Å²) >= 11 is 0. The van der Waals surface area contributed by atoms with E-state index in [4.69, 9.17) is 14.2 Å². The summed E-state index contributed by atoms with van der Waals surface area (Å²) in [6.45, 7) is 3.98. The summed E-state index contributed by atoms with van der Waals surface area (Å²) in [6.07, 6.45) is -0.668. The van der Waals surface area contributed by atoms with E-state index < -0.39 is 16.1 Å². The second-order valence-corrected chi connectivity index (χ2v) is 8.61. The van der Waals surface area contributed by atoms with Crippen molar-refractivity contribution in [3.8, 4) is 11.5 Å². The molecule has 0 radical (unpaired) electrons. The summed E-state index contributed by atoms with van der Waals surface area (Å²) in [5.41, 5.74) is 0.815. The van der Waals surface area contributed by atoms with Gasteiger partial charge in [-0.1, -0.05) is 12.1 Å². The average molecular weight is 435 g/mol. The van der Waals surface area contributed by atoms with Crippen molar-refractivity contribution in [1.82, 2.24) is 9.62 Å². The monoisotopic (exact) mass is 434 g/mol. The van der Waals surface area contributed by atoms with Crippen LogP contribution in [0.2, 0.25) is 0 Å². The first kappa shape index (κ1) is 22.1. The minimum absolute atomic E-state index is 0.115. The zero-order valence-corrected chi connectivity index (χ0v) is 17.9. The highest BCUT2D eigenvalue weighted by Crippen LogP contribution is 2.19. The molecule has 2 aromatic carbocycles. The molecule has 162 valence electrons. The molecule has 2 aromatic rings. The Balaban J connectivity index is 1.57. The van der Waals surface area contributed by atoms with Gasteiger partial charge in [0.05, 0.1) is 25.2 Å². The minimum Gasteiger partial charge on any atom is -0.497 e. The van der Waals surface area contributed by atoms with Gasteiger partial charge in [-0.05, 0) is 48.9 Å². The first-order valence-electron chi connectivity index (χ1n) is 9.65. The van der Waals surface area contributed by atoms with Gasteiger partial charge in [-0.15, -0.1) is 0 Å². The van der Waals surface area contributed by atoms with E-state index in [9.17, 15) is 13.2 Å². The summed E-state index contributed by atoms with van der Waals surface area (Å²) in [5, 5.41) is 0. The lowest BCUT2D eigenvalue weighted by Gasteiger charge is -2.29. The van der Waals surface area contributed by atoms with Crippen LogP contribution in [0.3, 0.4) is 0 Å². The number of nitrogens with zero attached hydrogens (tertiary/aromatic N) is 1. The number of hydrogen-bond acceptors (Lipinski definition) is 6. The van der Waals surface area contributed by atoms with E-state index in [1.165, 1.54) is 12.1 Å². The Morgan fingerprint density at radius 3 is 2.27 bits per heavy atom. The molecule has 1 saturated heterocycles. The highest BCUT2D eigenvalue weighted by atomic mass is 32.2. The lowest BCUT2D eigenvalue weighted by molar-refractivity contribution is -0.142. The maximum absolute atomic E-state index is 12.5. The number of carbonyl (C=O) groups excluding carboxylic acids is 1. The van der Waals surface area contributed by atoms with Crippen molar-refractivity contribution in [3.63, 3.8) is 0 Å². The first-order chi connectivity index (χ1) is 14.4. The molecule has 0 unspecified atom stereocenters. The standard InChI is InChI=1S/C21H26N2O6S/c1-16(21(24)23-11-13-28-14-12-23)29-19-7-9-20(10-8-19)30(25,26)22-15-17-3-5-18(27-2)6-4-17/h3-10,16,22H,11-15H2,1-2H3/t16-/m0/s1. The van der Waals surface area contributed by atoms with Crippen LogP contribution >= 0.6 is 0 Å². The van der Waals surface area contributed by atoms with Gasteiger partial charge in [-0.2, -0.15) is 0 Å². The predicted octanol–water partition coefficient (Wildman–Crippen LogP) is 1.80. The van der Waals surface area contributed by atoms with Crippen LogP contribution in [0.5, 0.6) is 11.5 Å². The van der Waals surface area contributed by atoms with Crippen molar-refractivity contribution in [2.24, 2.45) is 0 Å². The number of amides is 1. The lowest BCUT2D eigenvalue weighted by Crippen LogP contribution is -2.46. The molecule has 1 aliphatic rings. The average Bonchev–Trinajstić information content (AvgIpc) is 2.78. The summed E-state index contributed by atoms with van der Waals surface area (Å²) in [4.78, 5) is 14.2. The Labute approximate surface area is 176 Å². The minimum atomic E-state index is -3.68.